The van der Waals surface area contributed by atoms with E-state index in [1.165, 1.54) is 0 Å². The number of imidazole rings is 1. The molecular formula is C17H16N4O3. The normalized spacial score (nSPS) is 10.5. The molecule has 2 aromatic heterocycles. The first-order chi connectivity index (χ1) is 11.5. The average Bonchev–Trinajstić information content (AvgIpc) is 2.94. The van der Waals surface area contributed by atoms with Gasteiger partial charge in [0.15, 0.2) is 18.0 Å². The molecular weight excluding hydrogens is 308 g/mol. The molecule has 0 aliphatic carbocycles. The minimum absolute atomic E-state index is 0.150. The fraction of sp³-hybridized carbons (Fsp3) is 0.118. The Bertz CT molecular complexity index is 900. The van der Waals surface area contributed by atoms with Gasteiger partial charge in [-0.3, -0.25) is 9.59 Å². The highest BCUT2D eigenvalue weighted by Gasteiger charge is 2.09. The zero-order valence-electron chi connectivity index (χ0n) is 13.0. The molecule has 1 aromatic carbocycles. The molecule has 0 bridgehead atoms. The van der Waals surface area contributed by atoms with Crippen LogP contribution in [-0.4, -0.2) is 27.8 Å². The molecule has 3 rings (SSSR count). The number of hydrogen-bond acceptors (Lipinski definition) is 4. The van der Waals surface area contributed by atoms with E-state index in [1.807, 2.05) is 29.8 Å². The Kier molecular flexibility index (Phi) is 4.15. The quantitative estimate of drug-likeness (QED) is 0.747. The van der Waals surface area contributed by atoms with Crippen LogP contribution in [0.2, 0.25) is 0 Å². The predicted octanol–water partition coefficient (Wildman–Crippen LogP) is 1.76. The van der Waals surface area contributed by atoms with Crippen LogP contribution in [0.1, 0.15) is 16.1 Å². The van der Waals surface area contributed by atoms with Crippen molar-refractivity contribution in [2.45, 2.75) is 6.92 Å². The SMILES string of the molecule is Cc1cn2cccc(OCC(=O)Nc3ccc(C(N)=O)cc3)c2n1. The van der Waals surface area contributed by atoms with Crippen molar-refractivity contribution in [1.29, 1.82) is 0 Å². The number of ether oxygens (including phenoxy) is 1. The van der Waals surface area contributed by atoms with Gasteiger partial charge in [-0.25, -0.2) is 4.98 Å². The molecule has 3 N–H and O–H groups in total. The lowest BCUT2D eigenvalue weighted by molar-refractivity contribution is -0.118. The van der Waals surface area contributed by atoms with Crippen LogP contribution >= 0.6 is 0 Å². The smallest absolute Gasteiger partial charge is 0.262 e. The van der Waals surface area contributed by atoms with E-state index in [0.717, 1.165) is 5.69 Å². The molecule has 0 fully saturated rings. The van der Waals surface area contributed by atoms with E-state index in [2.05, 4.69) is 10.3 Å². The molecule has 0 aliphatic rings. The highest BCUT2D eigenvalue weighted by atomic mass is 16.5. The van der Waals surface area contributed by atoms with Crippen LogP contribution in [0.4, 0.5) is 5.69 Å². The summed E-state index contributed by atoms with van der Waals surface area (Å²) in [5.74, 6) is -0.295. The van der Waals surface area contributed by atoms with Crippen molar-refractivity contribution in [1.82, 2.24) is 9.38 Å². The van der Waals surface area contributed by atoms with Crippen molar-refractivity contribution < 1.29 is 14.3 Å². The Labute approximate surface area is 138 Å². The molecule has 0 unspecified atom stereocenters. The van der Waals surface area contributed by atoms with Crippen LogP contribution < -0.4 is 15.8 Å². The molecule has 3 aromatic rings. The summed E-state index contributed by atoms with van der Waals surface area (Å²) in [5.41, 5.74) is 7.64. The number of nitrogens with one attached hydrogen (secondary N) is 1. The highest BCUT2D eigenvalue weighted by molar-refractivity contribution is 5.95. The summed E-state index contributed by atoms with van der Waals surface area (Å²) >= 11 is 0. The summed E-state index contributed by atoms with van der Waals surface area (Å²) in [6.45, 7) is 1.74. The fourth-order valence-electron chi connectivity index (χ4n) is 2.28. The molecule has 7 heteroatoms. The third-order valence-electron chi connectivity index (χ3n) is 3.38. The Hall–Kier alpha value is -3.35. The lowest BCUT2D eigenvalue weighted by atomic mass is 10.2. The fourth-order valence-corrected chi connectivity index (χ4v) is 2.28. The first-order valence-electron chi connectivity index (χ1n) is 7.30. The van der Waals surface area contributed by atoms with Crippen molar-refractivity contribution in [3.63, 3.8) is 0 Å². The maximum atomic E-state index is 12.0. The second kappa shape index (κ2) is 6.41. The lowest BCUT2D eigenvalue weighted by Gasteiger charge is -2.08. The number of benzene rings is 1. The molecule has 0 radical (unpaired) electrons. The summed E-state index contributed by atoms with van der Waals surface area (Å²) in [5, 5.41) is 2.69. The first-order valence-corrected chi connectivity index (χ1v) is 7.30. The van der Waals surface area contributed by atoms with E-state index in [9.17, 15) is 9.59 Å². The Morgan fingerprint density at radius 2 is 2.00 bits per heavy atom. The molecule has 0 aliphatic heterocycles. The van der Waals surface area contributed by atoms with Crippen LogP contribution in [0.25, 0.3) is 5.65 Å². The second-order valence-corrected chi connectivity index (χ2v) is 5.26. The molecule has 0 spiro atoms. The van der Waals surface area contributed by atoms with Crippen LogP contribution in [0.5, 0.6) is 5.75 Å². The van der Waals surface area contributed by atoms with Gasteiger partial charge in [0.25, 0.3) is 5.91 Å². The zero-order valence-corrected chi connectivity index (χ0v) is 13.0. The summed E-state index contributed by atoms with van der Waals surface area (Å²) in [7, 11) is 0. The Balaban J connectivity index is 1.63. The molecule has 0 saturated heterocycles. The number of nitrogens with two attached hydrogens (primary N) is 1. The number of amides is 2. The van der Waals surface area contributed by atoms with Gasteiger partial charge in [-0.2, -0.15) is 0 Å². The maximum Gasteiger partial charge on any atom is 0.262 e. The average molecular weight is 324 g/mol. The predicted molar refractivity (Wildman–Crippen MR) is 89.0 cm³/mol. The summed E-state index contributed by atoms with van der Waals surface area (Å²) in [6, 6.07) is 9.90. The largest absolute Gasteiger partial charge is 0.480 e. The standard InChI is InChI=1S/C17H16N4O3/c1-11-9-21-8-2-3-14(17(21)19-11)24-10-15(22)20-13-6-4-12(5-7-13)16(18)23/h2-9H,10H2,1H3,(H2,18,23)(H,20,22). The molecule has 0 atom stereocenters. The molecule has 122 valence electrons. The number of rotatable bonds is 5. The monoisotopic (exact) mass is 324 g/mol. The van der Waals surface area contributed by atoms with Crippen molar-refractivity contribution in [2.75, 3.05) is 11.9 Å². The van der Waals surface area contributed by atoms with Gasteiger partial charge < -0.3 is 20.2 Å². The van der Waals surface area contributed by atoms with E-state index < -0.39 is 5.91 Å². The molecule has 2 amide bonds. The Morgan fingerprint density at radius 1 is 1.25 bits per heavy atom. The van der Waals surface area contributed by atoms with E-state index in [-0.39, 0.29) is 12.5 Å². The van der Waals surface area contributed by atoms with Gasteiger partial charge in [-0.1, -0.05) is 0 Å². The van der Waals surface area contributed by atoms with Gasteiger partial charge >= 0.3 is 0 Å². The topological polar surface area (TPSA) is 98.7 Å². The third kappa shape index (κ3) is 3.35. The summed E-state index contributed by atoms with van der Waals surface area (Å²) in [6.07, 6.45) is 3.74. The molecule has 7 nitrogen and oxygen atoms in total. The number of anilines is 1. The first kappa shape index (κ1) is 15.5. The van der Waals surface area contributed by atoms with Crippen molar-refractivity contribution in [3.8, 4) is 5.75 Å². The number of nitrogens with zero attached hydrogens (tertiary/aromatic N) is 2. The van der Waals surface area contributed by atoms with Gasteiger partial charge in [0.2, 0.25) is 5.91 Å². The molecule has 0 saturated carbocycles. The second-order valence-electron chi connectivity index (χ2n) is 5.26. The molecule has 24 heavy (non-hydrogen) atoms. The van der Waals surface area contributed by atoms with Gasteiger partial charge in [0.05, 0.1) is 5.69 Å². The minimum Gasteiger partial charge on any atom is -0.480 e. The Morgan fingerprint density at radius 3 is 2.71 bits per heavy atom. The zero-order chi connectivity index (χ0) is 17.1. The van der Waals surface area contributed by atoms with E-state index in [4.69, 9.17) is 10.5 Å². The minimum atomic E-state index is -0.515. The van der Waals surface area contributed by atoms with E-state index in [0.29, 0.717) is 22.6 Å². The van der Waals surface area contributed by atoms with Crippen LogP contribution in [-0.2, 0) is 4.79 Å². The number of aryl methyl sites for hydroxylation is 1. The maximum absolute atomic E-state index is 12.0. The number of aromatic nitrogens is 2. The number of carbonyl (C=O) groups is 2. The van der Waals surface area contributed by atoms with Crippen LogP contribution in [0, 0.1) is 6.92 Å². The van der Waals surface area contributed by atoms with Crippen molar-refractivity contribution in [3.05, 3.63) is 60.0 Å². The van der Waals surface area contributed by atoms with Gasteiger partial charge in [0.1, 0.15) is 0 Å². The van der Waals surface area contributed by atoms with E-state index >= 15 is 0 Å². The number of primary amides is 1. The molecule has 2 heterocycles. The number of carbonyl (C=O) groups excluding carboxylic acids is 2. The summed E-state index contributed by atoms with van der Waals surface area (Å²) < 4.78 is 7.40. The number of fused-ring (bicyclic) bond motifs is 1. The van der Waals surface area contributed by atoms with Crippen molar-refractivity contribution >= 4 is 23.1 Å². The van der Waals surface area contributed by atoms with Gasteiger partial charge in [0, 0.05) is 23.6 Å². The summed E-state index contributed by atoms with van der Waals surface area (Å²) in [4.78, 5) is 27.4. The highest BCUT2D eigenvalue weighted by Crippen LogP contribution is 2.18. The number of hydrogen-bond donors (Lipinski definition) is 2. The van der Waals surface area contributed by atoms with E-state index in [1.54, 1.807) is 30.3 Å². The third-order valence-corrected chi connectivity index (χ3v) is 3.38. The lowest BCUT2D eigenvalue weighted by Crippen LogP contribution is -2.20. The van der Waals surface area contributed by atoms with Gasteiger partial charge in [-0.15, -0.1) is 0 Å². The van der Waals surface area contributed by atoms with Gasteiger partial charge in [-0.05, 0) is 43.3 Å². The van der Waals surface area contributed by atoms with Crippen LogP contribution in [0.3, 0.4) is 0 Å². The van der Waals surface area contributed by atoms with Crippen molar-refractivity contribution in [2.24, 2.45) is 5.73 Å². The number of pyridine rings is 1. The van der Waals surface area contributed by atoms with Crippen LogP contribution in [0.15, 0.2) is 48.8 Å².